The molecule has 74 valence electrons. The molecule has 0 bridgehead atoms. The van der Waals surface area contributed by atoms with Gasteiger partial charge in [0.15, 0.2) is 0 Å². The molecule has 0 aliphatic rings. The second-order valence-electron chi connectivity index (χ2n) is 2.33. The maximum absolute atomic E-state index is 12.3. The summed E-state index contributed by atoms with van der Waals surface area (Å²) in [5, 5.41) is 8.10. The van der Waals surface area contributed by atoms with Gasteiger partial charge in [0.1, 0.15) is 0 Å². The average molecular weight is 190 g/mol. The summed E-state index contributed by atoms with van der Waals surface area (Å²) >= 11 is 0. The monoisotopic (exact) mass is 190 g/mol. The Morgan fingerprint density at radius 1 is 1.54 bits per heavy atom. The van der Waals surface area contributed by atoms with Crippen LogP contribution >= 0.6 is 0 Å². The van der Waals surface area contributed by atoms with Gasteiger partial charge >= 0.3 is 11.9 Å². The molecule has 0 rings (SSSR count). The summed E-state index contributed by atoms with van der Waals surface area (Å²) in [4.78, 5) is 20.5. The van der Waals surface area contributed by atoms with Crippen molar-refractivity contribution in [3.8, 4) is 0 Å². The summed E-state index contributed by atoms with van der Waals surface area (Å²) in [6.45, 7) is 0. The number of rotatable bonds is 5. The first-order chi connectivity index (χ1) is 6.07. The largest absolute Gasteiger partial charge is 0.476 e. The molecule has 0 amide bonds. The van der Waals surface area contributed by atoms with Gasteiger partial charge in [-0.1, -0.05) is 0 Å². The van der Waals surface area contributed by atoms with Crippen LogP contribution in [0.3, 0.4) is 0 Å². The van der Waals surface area contributed by atoms with Gasteiger partial charge in [-0.25, -0.2) is 4.79 Å². The molecule has 0 aliphatic heterocycles. The number of methoxy groups -OCH3 is 1. The molecule has 0 unspecified atom stereocenters. The van der Waals surface area contributed by atoms with Gasteiger partial charge < -0.3 is 9.84 Å². The fourth-order valence-corrected chi connectivity index (χ4v) is 0.665. The molecule has 0 fully saturated rings. The third kappa shape index (κ3) is 5.84. The number of hydrogen-bond acceptors (Lipinski definition) is 3. The normalized spacial score (nSPS) is 11.1. The zero-order valence-corrected chi connectivity index (χ0v) is 7.25. The van der Waals surface area contributed by atoms with Crippen molar-refractivity contribution in [2.75, 3.05) is 7.11 Å². The van der Waals surface area contributed by atoms with E-state index >= 15 is 0 Å². The van der Waals surface area contributed by atoms with Crippen LogP contribution in [0, 0.1) is 0 Å². The molecule has 5 heteroatoms. The summed E-state index contributed by atoms with van der Waals surface area (Å²) in [5.74, 6) is -3.16. The fraction of sp³-hybridized carbons (Fsp3) is 0.500. The highest BCUT2D eigenvalue weighted by molar-refractivity contribution is 5.83. The number of hydrogen-bond donors (Lipinski definition) is 1. The molecule has 0 saturated heterocycles. The Morgan fingerprint density at radius 3 is 2.62 bits per heavy atom. The van der Waals surface area contributed by atoms with E-state index in [0.29, 0.717) is 6.42 Å². The van der Waals surface area contributed by atoms with E-state index in [9.17, 15) is 14.0 Å². The Kier molecular flexibility index (Phi) is 5.50. The predicted molar refractivity (Wildman–Crippen MR) is 42.7 cm³/mol. The van der Waals surface area contributed by atoms with Crippen LogP contribution in [-0.2, 0) is 14.3 Å². The molecule has 0 radical (unpaired) electrons. The first-order valence-corrected chi connectivity index (χ1v) is 3.73. The minimum Gasteiger partial charge on any atom is -0.476 e. The van der Waals surface area contributed by atoms with Crippen molar-refractivity contribution >= 4 is 11.9 Å². The van der Waals surface area contributed by atoms with Crippen molar-refractivity contribution in [1.29, 1.82) is 0 Å². The maximum Gasteiger partial charge on any atom is 0.364 e. The van der Waals surface area contributed by atoms with Crippen LogP contribution in [0.5, 0.6) is 0 Å². The van der Waals surface area contributed by atoms with Gasteiger partial charge in [0.2, 0.25) is 5.83 Å². The average Bonchev–Trinajstić information content (AvgIpc) is 2.11. The molecule has 0 aromatic carbocycles. The molecule has 0 saturated carbocycles. The zero-order valence-electron chi connectivity index (χ0n) is 7.25. The lowest BCUT2D eigenvalue weighted by atomic mass is 10.2. The van der Waals surface area contributed by atoms with Crippen LogP contribution in [0.2, 0.25) is 0 Å². The molecular weight excluding hydrogens is 179 g/mol. The number of carbonyl (C=O) groups excluding carboxylic acids is 1. The Hall–Kier alpha value is -1.39. The van der Waals surface area contributed by atoms with Crippen LogP contribution in [0.25, 0.3) is 0 Å². The summed E-state index contributed by atoms with van der Waals surface area (Å²) < 4.78 is 16.6. The topological polar surface area (TPSA) is 63.6 Å². The van der Waals surface area contributed by atoms with E-state index in [4.69, 9.17) is 5.11 Å². The third-order valence-electron chi connectivity index (χ3n) is 1.34. The van der Waals surface area contributed by atoms with Crippen molar-refractivity contribution in [3.05, 3.63) is 11.9 Å². The molecular formula is C8H11FO4. The molecule has 0 atom stereocenters. The summed E-state index contributed by atoms with van der Waals surface area (Å²) in [7, 11) is 1.26. The van der Waals surface area contributed by atoms with Crippen LogP contribution in [0.4, 0.5) is 4.39 Å². The summed E-state index contributed by atoms with van der Waals surface area (Å²) in [6.07, 6.45) is 1.70. The zero-order chi connectivity index (χ0) is 10.3. The molecule has 0 heterocycles. The van der Waals surface area contributed by atoms with Crippen LogP contribution in [0.1, 0.15) is 19.3 Å². The molecule has 0 aliphatic carbocycles. The third-order valence-corrected chi connectivity index (χ3v) is 1.34. The standard InChI is InChI=1S/C8H11FO4/c1-13-7(10)5-3-2-4-6(9)8(11)12/h4H,2-3,5H2,1H3,(H,11,12). The SMILES string of the molecule is COC(=O)CCCC=C(F)C(=O)O. The van der Waals surface area contributed by atoms with E-state index in [0.717, 1.165) is 6.08 Å². The lowest BCUT2D eigenvalue weighted by Crippen LogP contribution is -1.99. The number of carbonyl (C=O) groups is 2. The number of carboxylic acids is 1. The van der Waals surface area contributed by atoms with Gasteiger partial charge in [0.05, 0.1) is 7.11 Å². The van der Waals surface area contributed by atoms with Crippen molar-refractivity contribution in [2.24, 2.45) is 0 Å². The van der Waals surface area contributed by atoms with Crippen LogP contribution < -0.4 is 0 Å². The molecule has 0 aromatic heterocycles. The van der Waals surface area contributed by atoms with E-state index in [-0.39, 0.29) is 18.8 Å². The summed E-state index contributed by atoms with van der Waals surface area (Å²) in [5.41, 5.74) is 0. The smallest absolute Gasteiger partial charge is 0.364 e. The quantitative estimate of drug-likeness (QED) is 0.402. The molecule has 1 N–H and O–H groups in total. The second kappa shape index (κ2) is 6.16. The number of esters is 1. The summed E-state index contributed by atoms with van der Waals surface area (Å²) in [6, 6.07) is 0. The van der Waals surface area contributed by atoms with Crippen molar-refractivity contribution in [3.63, 3.8) is 0 Å². The van der Waals surface area contributed by atoms with Crippen molar-refractivity contribution in [2.45, 2.75) is 19.3 Å². The lowest BCUT2D eigenvalue weighted by molar-refractivity contribution is -0.140. The van der Waals surface area contributed by atoms with Gasteiger partial charge in [0.25, 0.3) is 0 Å². The van der Waals surface area contributed by atoms with E-state index < -0.39 is 11.8 Å². The highest BCUT2D eigenvalue weighted by atomic mass is 19.1. The van der Waals surface area contributed by atoms with Gasteiger partial charge in [-0.05, 0) is 18.9 Å². The maximum atomic E-state index is 12.3. The van der Waals surface area contributed by atoms with E-state index in [1.54, 1.807) is 0 Å². The lowest BCUT2D eigenvalue weighted by Gasteiger charge is -1.95. The first-order valence-electron chi connectivity index (χ1n) is 3.73. The molecule has 0 spiro atoms. The molecule has 4 nitrogen and oxygen atoms in total. The minimum atomic E-state index is -1.59. The Bertz CT molecular complexity index is 222. The number of allylic oxidation sites excluding steroid dienone is 1. The van der Waals surface area contributed by atoms with Crippen molar-refractivity contribution in [1.82, 2.24) is 0 Å². The highest BCUT2D eigenvalue weighted by Crippen LogP contribution is 2.03. The first kappa shape index (κ1) is 11.6. The predicted octanol–water partition coefficient (Wildman–Crippen LogP) is 1.27. The second-order valence-corrected chi connectivity index (χ2v) is 2.33. The van der Waals surface area contributed by atoms with Crippen LogP contribution in [-0.4, -0.2) is 24.2 Å². The number of aliphatic carboxylic acids is 1. The van der Waals surface area contributed by atoms with Gasteiger partial charge in [0, 0.05) is 6.42 Å². The van der Waals surface area contributed by atoms with Gasteiger partial charge in [-0.15, -0.1) is 0 Å². The van der Waals surface area contributed by atoms with E-state index in [1.807, 2.05) is 0 Å². The molecule has 0 aromatic rings. The Labute approximate surface area is 75.0 Å². The molecule has 13 heavy (non-hydrogen) atoms. The Balaban J connectivity index is 3.61. The van der Waals surface area contributed by atoms with Gasteiger partial charge in [-0.2, -0.15) is 4.39 Å². The number of unbranched alkanes of at least 4 members (excludes halogenated alkanes) is 1. The minimum absolute atomic E-state index is 0.167. The number of halogens is 1. The number of carboxylic acid groups (broad SMARTS) is 1. The van der Waals surface area contributed by atoms with Gasteiger partial charge in [-0.3, -0.25) is 4.79 Å². The van der Waals surface area contributed by atoms with Crippen molar-refractivity contribution < 1.29 is 23.8 Å². The number of ether oxygens (including phenoxy) is 1. The van der Waals surface area contributed by atoms with E-state index in [2.05, 4.69) is 4.74 Å². The Morgan fingerprint density at radius 2 is 2.15 bits per heavy atom. The fourth-order valence-electron chi connectivity index (χ4n) is 0.665. The highest BCUT2D eigenvalue weighted by Gasteiger charge is 2.04. The van der Waals surface area contributed by atoms with Crippen LogP contribution in [0.15, 0.2) is 11.9 Å². The van der Waals surface area contributed by atoms with E-state index in [1.165, 1.54) is 7.11 Å².